The van der Waals surface area contributed by atoms with E-state index in [-0.39, 0.29) is 0 Å². The Morgan fingerprint density at radius 2 is 1.64 bits per heavy atom. The van der Waals surface area contributed by atoms with E-state index in [0.29, 0.717) is 12.5 Å². The summed E-state index contributed by atoms with van der Waals surface area (Å²) < 4.78 is 12.1. The smallest absolute Gasteiger partial charge is 0.123 e. The summed E-state index contributed by atoms with van der Waals surface area (Å²) in [6.07, 6.45) is 2.00. The number of hydrogen-bond acceptors (Lipinski definition) is 4. The Balaban J connectivity index is 1.73. The number of benzene rings is 2. The fourth-order valence-corrected chi connectivity index (χ4v) is 5.08. The summed E-state index contributed by atoms with van der Waals surface area (Å²) in [6.45, 7) is 18.1. The second-order valence-electron chi connectivity index (χ2n) is 10.2. The van der Waals surface area contributed by atoms with Crippen LogP contribution in [-0.4, -0.2) is 36.2 Å². The number of rotatable bonds is 9. The number of ether oxygens (including phenoxy) is 2. The average Bonchev–Trinajstić information content (AvgIpc) is 2.88. The van der Waals surface area contributed by atoms with Gasteiger partial charge in [-0.05, 0) is 72.6 Å². The molecule has 0 spiro atoms. The van der Waals surface area contributed by atoms with Gasteiger partial charge < -0.3 is 9.47 Å². The molecule has 2 heterocycles. The summed E-state index contributed by atoms with van der Waals surface area (Å²) in [4.78, 5) is 7.66. The lowest BCUT2D eigenvalue weighted by molar-refractivity contribution is 0.0339. The third-order valence-corrected chi connectivity index (χ3v) is 7.43. The van der Waals surface area contributed by atoms with Crippen molar-refractivity contribution in [3.05, 3.63) is 81.5 Å². The van der Waals surface area contributed by atoms with Crippen molar-refractivity contribution >= 4 is 0 Å². The molecule has 0 aliphatic carbocycles. The zero-order chi connectivity index (χ0) is 25.7. The maximum absolute atomic E-state index is 6.48. The third kappa shape index (κ3) is 5.99. The number of hydrogen-bond donors (Lipinski definition) is 0. The van der Waals surface area contributed by atoms with Gasteiger partial charge in [0, 0.05) is 36.5 Å². The highest BCUT2D eigenvalue weighted by atomic mass is 16.5. The van der Waals surface area contributed by atoms with E-state index in [1.807, 2.05) is 0 Å². The molecule has 1 aromatic heterocycles. The second-order valence-corrected chi connectivity index (χ2v) is 10.2. The van der Waals surface area contributed by atoms with Gasteiger partial charge in [-0.15, -0.1) is 0 Å². The Hall–Kier alpha value is -2.69. The highest BCUT2D eigenvalue weighted by molar-refractivity contribution is 5.69. The van der Waals surface area contributed by atoms with Gasteiger partial charge in [-0.3, -0.25) is 9.88 Å². The van der Waals surface area contributed by atoms with Crippen LogP contribution in [-0.2, 0) is 30.7 Å². The molecule has 1 aliphatic heterocycles. The summed E-state index contributed by atoms with van der Waals surface area (Å²) in [7, 11) is 0. The van der Waals surface area contributed by atoms with Crippen LogP contribution in [0, 0.1) is 13.8 Å². The molecule has 2 aromatic carbocycles. The van der Waals surface area contributed by atoms with E-state index in [1.165, 1.54) is 38.9 Å². The largest absolute Gasteiger partial charge is 0.489 e. The average molecular weight is 487 g/mol. The van der Waals surface area contributed by atoms with Gasteiger partial charge in [0.1, 0.15) is 12.4 Å². The van der Waals surface area contributed by atoms with Crippen LogP contribution in [0.15, 0.2) is 42.5 Å². The fourth-order valence-electron chi connectivity index (χ4n) is 5.08. The first-order chi connectivity index (χ1) is 17.4. The maximum atomic E-state index is 6.48. The SMILES string of the molecule is CCc1cccc(CC)c1-c1cc(CN2CCOCC2)c(COc2cc(C(C)C)ccc2C)c(C)n1. The second kappa shape index (κ2) is 12.0. The van der Waals surface area contributed by atoms with Gasteiger partial charge in [-0.2, -0.15) is 0 Å². The molecule has 4 nitrogen and oxygen atoms in total. The fraction of sp³-hybridized carbons (Fsp3) is 0.469. The van der Waals surface area contributed by atoms with Crippen LogP contribution in [0.4, 0.5) is 0 Å². The molecule has 1 aliphatic rings. The monoisotopic (exact) mass is 486 g/mol. The van der Waals surface area contributed by atoms with E-state index >= 15 is 0 Å². The molecule has 4 heteroatoms. The molecule has 3 aromatic rings. The van der Waals surface area contributed by atoms with Crippen molar-refractivity contribution in [1.29, 1.82) is 0 Å². The lowest BCUT2D eigenvalue weighted by Crippen LogP contribution is -2.36. The Labute approximate surface area is 217 Å². The van der Waals surface area contributed by atoms with Gasteiger partial charge in [-0.1, -0.05) is 58.0 Å². The van der Waals surface area contributed by atoms with Crippen molar-refractivity contribution in [1.82, 2.24) is 9.88 Å². The van der Waals surface area contributed by atoms with Gasteiger partial charge in [0.15, 0.2) is 0 Å². The van der Waals surface area contributed by atoms with Crippen molar-refractivity contribution < 1.29 is 9.47 Å². The predicted molar refractivity (Wildman–Crippen MR) is 149 cm³/mol. The maximum Gasteiger partial charge on any atom is 0.123 e. The Morgan fingerprint density at radius 3 is 2.28 bits per heavy atom. The van der Waals surface area contributed by atoms with Gasteiger partial charge in [0.2, 0.25) is 0 Å². The minimum absolute atomic E-state index is 0.471. The molecule has 36 heavy (non-hydrogen) atoms. The highest BCUT2D eigenvalue weighted by Gasteiger charge is 2.19. The van der Waals surface area contributed by atoms with Gasteiger partial charge in [-0.25, -0.2) is 0 Å². The molecule has 4 rings (SSSR count). The lowest BCUT2D eigenvalue weighted by atomic mass is 9.93. The van der Waals surface area contributed by atoms with Crippen LogP contribution in [0.2, 0.25) is 0 Å². The molecule has 192 valence electrons. The predicted octanol–water partition coefficient (Wildman–Crippen LogP) is 7.02. The van der Waals surface area contributed by atoms with Crippen LogP contribution in [0.1, 0.15) is 72.7 Å². The number of nitrogens with zero attached hydrogens (tertiary/aromatic N) is 2. The van der Waals surface area contributed by atoms with Crippen molar-refractivity contribution in [3.8, 4) is 17.0 Å². The summed E-state index contributed by atoms with van der Waals surface area (Å²) in [6, 6.07) is 15.6. The van der Waals surface area contributed by atoms with Crippen LogP contribution in [0.5, 0.6) is 5.75 Å². The Bertz CT molecular complexity index is 1160. The van der Waals surface area contributed by atoms with E-state index < -0.39 is 0 Å². The van der Waals surface area contributed by atoms with Gasteiger partial charge in [0.25, 0.3) is 0 Å². The highest BCUT2D eigenvalue weighted by Crippen LogP contribution is 2.32. The molecule has 0 amide bonds. The molecule has 0 unspecified atom stereocenters. The van der Waals surface area contributed by atoms with E-state index in [2.05, 4.69) is 88.9 Å². The lowest BCUT2D eigenvalue weighted by Gasteiger charge is -2.28. The zero-order valence-corrected chi connectivity index (χ0v) is 23.0. The molecule has 1 saturated heterocycles. The third-order valence-electron chi connectivity index (χ3n) is 7.43. The number of pyridine rings is 1. The van der Waals surface area contributed by atoms with Crippen LogP contribution in [0.3, 0.4) is 0 Å². The van der Waals surface area contributed by atoms with E-state index in [1.54, 1.807) is 0 Å². The molecule has 0 N–H and O–H groups in total. The first kappa shape index (κ1) is 26.4. The van der Waals surface area contributed by atoms with Crippen LogP contribution in [0.25, 0.3) is 11.3 Å². The normalized spacial score (nSPS) is 14.4. The molecular weight excluding hydrogens is 444 g/mol. The number of aromatic nitrogens is 1. The van der Waals surface area contributed by atoms with Gasteiger partial charge in [0.05, 0.1) is 18.9 Å². The molecule has 0 bridgehead atoms. The minimum Gasteiger partial charge on any atom is -0.489 e. The molecule has 0 atom stereocenters. The minimum atomic E-state index is 0.471. The zero-order valence-electron chi connectivity index (χ0n) is 23.0. The van der Waals surface area contributed by atoms with Crippen molar-refractivity contribution in [2.75, 3.05) is 26.3 Å². The van der Waals surface area contributed by atoms with E-state index in [9.17, 15) is 0 Å². The molecule has 0 saturated carbocycles. The van der Waals surface area contributed by atoms with Crippen LogP contribution < -0.4 is 4.74 Å². The summed E-state index contributed by atoms with van der Waals surface area (Å²) in [5.74, 6) is 1.44. The Kier molecular flexibility index (Phi) is 8.81. The van der Waals surface area contributed by atoms with Crippen molar-refractivity contribution in [3.63, 3.8) is 0 Å². The van der Waals surface area contributed by atoms with E-state index in [4.69, 9.17) is 14.5 Å². The summed E-state index contributed by atoms with van der Waals surface area (Å²) in [5, 5.41) is 0. The quantitative estimate of drug-likeness (QED) is 0.325. The van der Waals surface area contributed by atoms with Crippen molar-refractivity contribution in [2.24, 2.45) is 0 Å². The number of aryl methyl sites for hydroxylation is 4. The first-order valence-electron chi connectivity index (χ1n) is 13.5. The van der Waals surface area contributed by atoms with Crippen LogP contribution >= 0.6 is 0 Å². The van der Waals surface area contributed by atoms with E-state index in [0.717, 1.165) is 62.8 Å². The van der Waals surface area contributed by atoms with Crippen molar-refractivity contribution in [2.45, 2.75) is 73.5 Å². The standard InChI is InChI=1S/C32H42N2O2/c1-7-25-10-9-11-26(8-2)32(25)30-18-28(20-34-14-16-35-17-15-34)29(24(6)33-30)21-36-31-19-27(22(3)4)13-12-23(31)5/h9-13,18-19,22H,7-8,14-17,20-21H2,1-6H3. The molecular formula is C32H42N2O2. The molecule has 0 radical (unpaired) electrons. The number of morpholine rings is 1. The first-order valence-corrected chi connectivity index (χ1v) is 13.5. The Morgan fingerprint density at radius 1 is 0.944 bits per heavy atom. The van der Waals surface area contributed by atoms with Gasteiger partial charge >= 0.3 is 0 Å². The topological polar surface area (TPSA) is 34.6 Å². The summed E-state index contributed by atoms with van der Waals surface area (Å²) >= 11 is 0. The molecule has 1 fully saturated rings. The summed E-state index contributed by atoms with van der Waals surface area (Å²) in [5.41, 5.74) is 11.2.